The quantitative estimate of drug-likeness (QED) is 0.814. The number of carbonyl (C=O) groups excluding carboxylic acids is 1. The van der Waals surface area contributed by atoms with Crippen LogP contribution in [0.3, 0.4) is 0 Å². The lowest BCUT2D eigenvalue weighted by molar-refractivity contribution is 0.0649. The summed E-state index contributed by atoms with van der Waals surface area (Å²) in [7, 11) is 0. The highest BCUT2D eigenvalue weighted by atomic mass is 16.7. The summed E-state index contributed by atoms with van der Waals surface area (Å²) in [6, 6.07) is 12.4. The summed E-state index contributed by atoms with van der Waals surface area (Å²) in [6.45, 7) is 2.37. The molecule has 4 aliphatic rings. The number of likely N-dealkylation sites (tertiary alicyclic amines) is 1. The smallest absolute Gasteiger partial charge is 0.257 e. The second-order valence-electron chi connectivity index (χ2n) is 8.08. The van der Waals surface area contributed by atoms with Gasteiger partial charge in [-0.3, -0.25) is 10.2 Å². The number of nitrogens with zero attached hydrogens (tertiary/aromatic N) is 1. The summed E-state index contributed by atoms with van der Waals surface area (Å²) in [5.41, 5.74) is 9.84. The van der Waals surface area contributed by atoms with Gasteiger partial charge in [-0.1, -0.05) is 18.2 Å². The van der Waals surface area contributed by atoms with E-state index < -0.39 is 0 Å². The topological polar surface area (TPSA) is 72.1 Å². The van der Waals surface area contributed by atoms with Crippen LogP contribution in [0.2, 0.25) is 0 Å². The normalized spacial score (nSPS) is 26.8. The minimum absolute atomic E-state index is 0.0681. The van der Waals surface area contributed by atoms with Crippen LogP contribution in [0.5, 0.6) is 17.2 Å². The fourth-order valence-corrected chi connectivity index (χ4v) is 4.98. The third-order valence-corrected chi connectivity index (χ3v) is 6.50. The van der Waals surface area contributed by atoms with Gasteiger partial charge in [0.15, 0.2) is 11.5 Å². The van der Waals surface area contributed by atoms with Gasteiger partial charge in [0.25, 0.3) is 5.91 Å². The Balaban J connectivity index is 1.25. The Morgan fingerprint density at radius 1 is 1.07 bits per heavy atom. The molecule has 2 N–H and O–H groups in total. The zero-order valence-electron chi connectivity index (χ0n) is 16.0. The van der Waals surface area contributed by atoms with E-state index in [9.17, 15) is 4.79 Å². The molecule has 7 nitrogen and oxygen atoms in total. The van der Waals surface area contributed by atoms with Gasteiger partial charge in [0.2, 0.25) is 6.79 Å². The number of amides is 1. The van der Waals surface area contributed by atoms with Crippen LogP contribution < -0.4 is 25.1 Å². The standard InChI is InChI=1S/C22H23N3O4/c26-22(15-3-1-2-13-7-9-27-21(13)15)25-8-6-17-16(11-25)20(24-23-17)14-4-5-18-19(10-14)29-12-28-18/h1-5,10,16-17,20,23-24H,6-9,11-12H2. The first-order chi connectivity index (χ1) is 14.3. The molecule has 2 aromatic rings. The van der Waals surface area contributed by atoms with Crippen molar-refractivity contribution in [2.45, 2.75) is 24.9 Å². The van der Waals surface area contributed by atoms with Gasteiger partial charge in [0, 0.05) is 31.5 Å². The van der Waals surface area contributed by atoms with Crippen molar-refractivity contribution in [3.63, 3.8) is 0 Å². The fourth-order valence-electron chi connectivity index (χ4n) is 4.98. The highest BCUT2D eigenvalue weighted by Gasteiger charge is 2.42. The molecule has 0 aliphatic carbocycles. The maximum absolute atomic E-state index is 13.3. The van der Waals surface area contributed by atoms with Crippen LogP contribution in [0.4, 0.5) is 0 Å². The SMILES string of the molecule is O=C(c1cccc2c1OCC2)N1CCC2NNC(c3ccc4c(c3)OCO4)C2C1. The number of fused-ring (bicyclic) bond motifs is 3. The summed E-state index contributed by atoms with van der Waals surface area (Å²) in [4.78, 5) is 15.3. The van der Waals surface area contributed by atoms with Crippen LogP contribution in [0.1, 0.15) is 33.9 Å². The lowest BCUT2D eigenvalue weighted by Gasteiger charge is -2.36. The summed E-state index contributed by atoms with van der Waals surface area (Å²) in [5.74, 6) is 2.70. The molecule has 0 aromatic heterocycles. The Bertz CT molecular complexity index is 979. The van der Waals surface area contributed by atoms with Gasteiger partial charge < -0.3 is 19.1 Å². The van der Waals surface area contributed by atoms with E-state index in [4.69, 9.17) is 14.2 Å². The van der Waals surface area contributed by atoms with Crippen LogP contribution in [0.15, 0.2) is 36.4 Å². The highest BCUT2D eigenvalue weighted by molar-refractivity contribution is 5.97. The fraction of sp³-hybridized carbons (Fsp3) is 0.409. The van der Waals surface area contributed by atoms with Gasteiger partial charge in [-0.2, -0.15) is 0 Å². The van der Waals surface area contributed by atoms with Crippen LogP contribution in [0, 0.1) is 5.92 Å². The molecule has 2 saturated heterocycles. The molecule has 4 heterocycles. The number of para-hydroxylation sites is 1. The maximum Gasteiger partial charge on any atom is 0.257 e. The molecular formula is C22H23N3O4. The van der Waals surface area contributed by atoms with Crippen molar-refractivity contribution in [1.29, 1.82) is 0 Å². The lowest BCUT2D eigenvalue weighted by atomic mass is 9.84. The zero-order valence-corrected chi connectivity index (χ0v) is 16.0. The van der Waals surface area contributed by atoms with Crippen molar-refractivity contribution >= 4 is 5.91 Å². The molecule has 0 radical (unpaired) electrons. The van der Waals surface area contributed by atoms with Crippen LogP contribution in [0.25, 0.3) is 0 Å². The molecule has 4 aliphatic heterocycles. The average Bonchev–Trinajstić information content (AvgIpc) is 3.50. The minimum Gasteiger partial charge on any atom is -0.492 e. The Morgan fingerprint density at radius 2 is 2.00 bits per heavy atom. The molecule has 0 bridgehead atoms. The molecule has 3 atom stereocenters. The van der Waals surface area contributed by atoms with Gasteiger partial charge >= 0.3 is 0 Å². The van der Waals surface area contributed by atoms with E-state index >= 15 is 0 Å². The van der Waals surface area contributed by atoms with Crippen molar-refractivity contribution < 1.29 is 19.0 Å². The number of nitrogens with one attached hydrogen (secondary N) is 2. The van der Waals surface area contributed by atoms with E-state index in [0.29, 0.717) is 24.8 Å². The molecular weight excluding hydrogens is 370 g/mol. The Hall–Kier alpha value is -2.77. The molecule has 6 rings (SSSR count). The molecule has 1 amide bonds. The number of hydrogen-bond acceptors (Lipinski definition) is 6. The summed E-state index contributed by atoms with van der Waals surface area (Å²) in [5, 5.41) is 0. The largest absolute Gasteiger partial charge is 0.492 e. The second-order valence-corrected chi connectivity index (χ2v) is 8.08. The molecule has 0 saturated carbocycles. The number of benzene rings is 2. The van der Waals surface area contributed by atoms with Crippen molar-refractivity contribution in [2.75, 3.05) is 26.5 Å². The van der Waals surface area contributed by atoms with E-state index in [0.717, 1.165) is 47.8 Å². The van der Waals surface area contributed by atoms with Crippen molar-refractivity contribution in [1.82, 2.24) is 15.8 Å². The molecule has 0 spiro atoms. The summed E-state index contributed by atoms with van der Waals surface area (Å²) >= 11 is 0. The Morgan fingerprint density at radius 3 is 2.97 bits per heavy atom. The van der Waals surface area contributed by atoms with E-state index in [1.165, 1.54) is 0 Å². The molecule has 2 aromatic carbocycles. The van der Waals surface area contributed by atoms with E-state index in [2.05, 4.69) is 16.9 Å². The molecule has 7 heteroatoms. The molecule has 150 valence electrons. The van der Waals surface area contributed by atoms with E-state index in [1.807, 2.05) is 35.2 Å². The predicted octanol–water partition coefficient (Wildman–Crippen LogP) is 2.03. The van der Waals surface area contributed by atoms with Gasteiger partial charge in [-0.05, 0) is 35.7 Å². The first-order valence-electron chi connectivity index (χ1n) is 10.2. The number of piperidine rings is 1. The number of ether oxygens (including phenoxy) is 3. The number of rotatable bonds is 2. The third-order valence-electron chi connectivity index (χ3n) is 6.50. The monoisotopic (exact) mass is 393 g/mol. The molecule has 3 unspecified atom stereocenters. The molecule has 2 fully saturated rings. The van der Waals surface area contributed by atoms with Gasteiger partial charge in [0.05, 0.1) is 18.2 Å². The predicted molar refractivity (Wildman–Crippen MR) is 105 cm³/mol. The average molecular weight is 393 g/mol. The van der Waals surface area contributed by atoms with Gasteiger partial charge in [-0.25, -0.2) is 5.43 Å². The van der Waals surface area contributed by atoms with Crippen molar-refractivity contribution in [3.05, 3.63) is 53.1 Å². The first-order valence-corrected chi connectivity index (χ1v) is 10.2. The van der Waals surface area contributed by atoms with E-state index in [-0.39, 0.29) is 24.7 Å². The summed E-state index contributed by atoms with van der Waals surface area (Å²) in [6.07, 6.45) is 1.79. The Labute approximate surface area is 168 Å². The Kier molecular flexibility index (Phi) is 3.92. The third kappa shape index (κ3) is 2.76. The lowest BCUT2D eigenvalue weighted by Crippen LogP contribution is -2.47. The minimum atomic E-state index is 0.0681. The van der Waals surface area contributed by atoms with Gasteiger partial charge in [0.1, 0.15) is 5.75 Å². The second kappa shape index (κ2) is 6.64. The molecule has 29 heavy (non-hydrogen) atoms. The first kappa shape index (κ1) is 17.1. The van der Waals surface area contributed by atoms with Crippen molar-refractivity contribution in [3.8, 4) is 17.2 Å². The number of hydrazine groups is 1. The van der Waals surface area contributed by atoms with Crippen LogP contribution in [-0.2, 0) is 6.42 Å². The number of carbonyl (C=O) groups is 1. The van der Waals surface area contributed by atoms with Gasteiger partial charge in [-0.15, -0.1) is 0 Å². The van der Waals surface area contributed by atoms with Crippen LogP contribution in [-0.4, -0.2) is 43.3 Å². The van der Waals surface area contributed by atoms with Crippen LogP contribution >= 0.6 is 0 Å². The van der Waals surface area contributed by atoms with Crippen molar-refractivity contribution in [2.24, 2.45) is 5.92 Å². The van der Waals surface area contributed by atoms with E-state index in [1.54, 1.807) is 0 Å². The number of hydrogen-bond donors (Lipinski definition) is 2. The maximum atomic E-state index is 13.3. The summed E-state index contributed by atoms with van der Waals surface area (Å²) < 4.78 is 16.7. The zero-order chi connectivity index (χ0) is 19.4. The highest BCUT2D eigenvalue weighted by Crippen LogP contribution is 2.40.